The molecule has 0 aliphatic carbocycles. The van der Waals surface area contributed by atoms with Crippen LogP contribution in [0.15, 0.2) is 22.7 Å². The fourth-order valence-corrected chi connectivity index (χ4v) is 2.08. The van der Waals surface area contributed by atoms with E-state index in [9.17, 15) is 0 Å². The minimum absolute atomic E-state index is 1.05. The van der Waals surface area contributed by atoms with Crippen molar-refractivity contribution in [2.45, 2.75) is 26.8 Å². The van der Waals surface area contributed by atoms with Crippen molar-refractivity contribution in [1.29, 1.82) is 0 Å². The number of benzene rings is 1. The van der Waals surface area contributed by atoms with Gasteiger partial charge in [-0.25, -0.2) is 4.98 Å². The van der Waals surface area contributed by atoms with Crippen molar-refractivity contribution in [2.75, 3.05) is 0 Å². The van der Waals surface area contributed by atoms with Crippen LogP contribution in [0.4, 0.5) is 0 Å². The van der Waals surface area contributed by atoms with Crippen LogP contribution in [-0.4, -0.2) is 9.55 Å². The van der Waals surface area contributed by atoms with E-state index in [2.05, 4.69) is 57.5 Å². The van der Waals surface area contributed by atoms with Gasteiger partial charge in [-0.15, -0.1) is 0 Å². The molecule has 0 saturated heterocycles. The Morgan fingerprint density at radius 1 is 1.43 bits per heavy atom. The molecule has 2 aromatic rings. The molecule has 0 saturated carbocycles. The normalized spacial score (nSPS) is 11.1. The molecule has 0 atom stereocenters. The zero-order valence-electron chi connectivity index (χ0n) is 8.42. The van der Waals surface area contributed by atoms with Crippen molar-refractivity contribution in [2.24, 2.45) is 0 Å². The van der Waals surface area contributed by atoms with Gasteiger partial charge in [0.1, 0.15) is 5.82 Å². The van der Waals surface area contributed by atoms with Gasteiger partial charge in [-0.1, -0.05) is 22.9 Å². The molecule has 3 heteroatoms. The Balaban J connectivity index is 2.64. The maximum absolute atomic E-state index is 4.53. The van der Waals surface area contributed by atoms with Gasteiger partial charge in [0.05, 0.1) is 11.0 Å². The van der Waals surface area contributed by atoms with Crippen molar-refractivity contribution >= 4 is 27.0 Å². The third-order valence-electron chi connectivity index (χ3n) is 2.35. The first-order valence-electron chi connectivity index (χ1n) is 4.84. The molecule has 2 rings (SSSR count). The van der Waals surface area contributed by atoms with E-state index in [1.807, 2.05) is 0 Å². The van der Waals surface area contributed by atoms with Crippen molar-refractivity contribution < 1.29 is 0 Å². The van der Waals surface area contributed by atoms with E-state index >= 15 is 0 Å². The molecule has 0 aliphatic rings. The SMILES string of the molecule is CCCn1c(C)nc2cc(Br)ccc21. The Bertz CT molecular complexity index is 460. The molecule has 1 heterocycles. The van der Waals surface area contributed by atoms with Crippen LogP contribution in [0.1, 0.15) is 19.2 Å². The second kappa shape index (κ2) is 3.73. The summed E-state index contributed by atoms with van der Waals surface area (Å²) in [6.07, 6.45) is 1.14. The summed E-state index contributed by atoms with van der Waals surface area (Å²) >= 11 is 3.46. The predicted octanol–water partition coefficient (Wildman–Crippen LogP) is 3.52. The summed E-state index contributed by atoms with van der Waals surface area (Å²) in [5.41, 5.74) is 2.30. The fraction of sp³-hybridized carbons (Fsp3) is 0.364. The second-order valence-corrected chi connectivity index (χ2v) is 4.36. The lowest BCUT2D eigenvalue weighted by atomic mass is 10.3. The number of nitrogens with zero attached hydrogens (tertiary/aromatic N) is 2. The van der Waals surface area contributed by atoms with Gasteiger partial charge in [0.15, 0.2) is 0 Å². The predicted molar refractivity (Wildman–Crippen MR) is 62.5 cm³/mol. The van der Waals surface area contributed by atoms with Gasteiger partial charge < -0.3 is 4.57 Å². The van der Waals surface area contributed by atoms with Gasteiger partial charge in [-0.05, 0) is 31.5 Å². The Kier molecular flexibility index (Phi) is 2.59. The van der Waals surface area contributed by atoms with Crippen LogP contribution in [0.5, 0.6) is 0 Å². The minimum atomic E-state index is 1.05. The third-order valence-corrected chi connectivity index (χ3v) is 2.84. The topological polar surface area (TPSA) is 17.8 Å². The molecule has 0 fully saturated rings. The maximum atomic E-state index is 4.53. The van der Waals surface area contributed by atoms with Gasteiger partial charge in [0.2, 0.25) is 0 Å². The zero-order chi connectivity index (χ0) is 10.1. The highest BCUT2D eigenvalue weighted by Gasteiger charge is 2.05. The first-order valence-corrected chi connectivity index (χ1v) is 5.64. The number of halogens is 1. The van der Waals surface area contributed by atoms with Crippen molar-refractivity contribution in [3.63, 3.8) is 0 Å². The molecule has 74 valence electrons. The molecular weight excluding hydrogens is 240 g/mol. The third kappa shape index (κ3) is 1.57. The quantitative estimate of drug-likeness (QED) is 0.800. The lowest BCUT2D eigenvalue weighted by Crippen LogP contribution is -1.98. The van der Waals surface area contributed by atoms with Crippen molar-refractivity contribution in [1.82, 2.24) is 9.55 Å². The summed E-state index contributed by atoms with van der Waals surface area (Å²) in [6.45, 7) is 5.29. The first-order chi connectivity index (χ1) is 6.72. The molecule has 14 heavy (non-hydrogen) atoms. The lowest BCUT2D eigenvalue weighted by Gasteiger charge is -2.03. The largest absolute Gasteiger partial charge is 0.328 e. The standard InChI is InChI=1S/C11H13BrN2/c1-3-6-14-8(2)13-10-7-9(12)4-5-11(10)14/h4-5,7H,3,6H2,1-2H3. The molecule has 0 amide bonds. The molecular formula is C11H13BrN2. The molecule has 0 bridgehead atoms. The van der Waals surface area contributed by atoms with E-state index in [1.165, 1.54) is 5.52 Å². The fourth-order valence-electron chi connectivity index (χ4n) is 1.73. The van der Waals surface area contributed by atoms with E-state index < -0.39 is 0 Å². The zero-order valence-corrected chi connectivity index (χ0v) is 10.0. The van der Waals surface area contributed by atoms with Gasteiger partial charge in [-0.2, -0.15) is 0 Å². The van der Waals surface area contributed by atoms with Gasteiger partial charge in [-0.3, -0.25) is 0 Å². The number of aryl methyl sites for hydroxylation is 2. The second-order valence-electron chi connectivity index (χ2n) is 3.44. The summed E-state index contributed by atoms with van der Waals surface area (Å²) in [6, 6.07) is 6.25. The van der Waals surface area contributed by atoms with E-state index in [1.54, 1.807) is 0 Å². The van der Waals surface area contributed by atoms with Gasteiger partial charge in [0.25, 0.3) is 0 Å². The monoisotopic (exact) mass is 252 g/mol. The van der Waals surface area contributed by atoms with Crippen molar-refractivity contribution in [3.8, 4) is 0 Å². The first kappa shape index (κ1) is 9.71. The van der Waals surface area contributed by atoms with E-state index in [0.717, 1.165) is 28.8 Å². The summed E-state index contributed by atoms with van der Waals surface area (Å²) in [7, 11) is 0. The molecule has 1 aromatic carbocycles. The highest BCUT2D eigenvalue weighted by atomic mass is 79.9. The van der Waals surface area contributed by atoms with Crippen LogP contribution in [0.25, 0.3) is 11.0 Å². The van der Waals surface area contributed by atoms with Gasteiger partial charge >= 0.3 is 0 Å². The molecule has 0 spiro atoms. The Morgan fingerprint density at radius 2 is 2.21 bits per heavy atom. The Labute approximate surface area is 92.1 Å². The number of hydrogen-bond acceptors (Lipinski definition) is 1. The minimum Gasteiger partial charge on any atom is -0.328 e. The molecule has 0 radical (unpaired) electrons. The highest BCUT2D eigenvalue weighted by Crippen LogP contribution is 2.20. The highest BCUT2D eigenvalue weighted by molar-refractivity contribution is 9.10. The Hall–Kier alpha value is -0.830. The van der Waals surface area contributed by atoms with Gasteiger partial charge in [0, 0.05) is 11.0 Å². The number of imidazole rings is 1. The van der Waals surface area contributed by atoms with E-state index in [0.29, 0.717) is 0 Å². The van der Waals surface area contributed by atoms with Crippen LogP contribution >= 0.6 is 15.9 Å². The average molecular weight is 253 g/mol. The Morgan fingerprint density at radius 3 is 2.93 bits per heavy atom. The lowest BCUT2D eigenvalue weighted by molar-refractivity contribution is 0.676. The number of fused-ring (bicyclic) bond motifs is 1. The summed E-state index contributed by atoms with van der Waals surface area (Å²) in [5.74, 6) is 1.10. The summed E-state index contributed by atoms with van der Waals surface area (Å²) in [5, 5.41) is 0. The summed E-state index contributed by atoms with van der Waals surface area (Å²) < 4.78 is 3.35. The molecule has 2 nitrogen and oxygen atoms in total. The van der Waals surface area contributed by atoms with Crippen LogP contribution in [0.3, 0.4) is 0 Å². The van der Waals surface area contributed by atoms with E-state index in [4.69, 9.17) is 0 Å². The average Bonchev–Trinajstić information content (AvgIpc) is 2.43. The van der Waals surface area contributed by atoms with Crippen molar-refractivity contribution in [3.05, 3.63) is 28.5 Å². The summed E-state index contributed by atoms with van der Waals surface area (Å²) in [4.78, 5) is 4.53. The maximum Gasteiger partial charge on any atom is 0.106 e. The smallest absolute Gasteiger partial charge is 0.106 e. The van der Waals surface area contributed by atoms with Crippen LogP contribution < -0.4 is 0 Å². The molecule has 1 aromatic heterocycles. The van der Waals surface area contributed by atoms with Crippen LogP contribution in [0.2, 0.25) is 0 Å². The van der Waals surface area contributed by atoms with E-state index in [-0.39, 0.29) is 0 Å². The number of rotatable bonds is 2. The van der Waals surface area contributed by atoms with Crippen LogP contribution in [-0.2, 0) is 6.54 Å². The number of aromatic nitrogens is 2. The molecule has 0 N–H and O–H groups in total. The molecule has 0 unspecified atom stereocenters. The van der Waals surface area contributed by atoms with Crippen LogP contribution in [0, 0.1) is 6.92 Å². The number of hydrogen-bond donors (Lipinski definition) is 0. The molecule has 0 aliphatic heterocycles.